The first-order valence-electron chi connectivity index (χ1n) is 10.1. The van der Waals surface area contributed by atoms with Gasteiger partial charge in [0.1, 0.15) is 0 Å². The summed E-state index contributed by atoms with van der Waals surface area (Å²) in [5.74, 6) is 0.569. The van der Waals surface area contributed by atoms with Crippen molar-refractivity contribution in [2.75, 3.05) is 49.8 Å². The molecule has 0 radical (unpaired) electrons. The van der Waals surface area contributed by atoms with Gasteiger partial charge in [0.25, 0.3) is 0 Å². The van der Waals surface area contributed by atoms with Crippen LogP contribution < -0.4 is 23.7 Å². The first kappa shape index (κ1) is 24.5. The summed E-state index contributed by atoms with van der Waals surface area (Å²) in [5, 5.41) is 1.20. The lowest BCUT2D eigenvalue weighted by Crippen LogP contribution is -2.14. The van der Waals surface area contributed by atoms with E-state index >= 15 is 0 Å². The summed E-state index contributed by atoms with van der Waals surface area (Å²) < 4.78 is 37.4. The van der Waals surface area contributed by atoms with E-state index in [4.69, 9.17) is 33.2 Å². The molecular weight excluding hydrogens is 444 g/mol. The van der Waals surface area contributed by atoms with E-state index in [1.807, 2.05) is 0 Å². The Labute approximate surface area is 197 Å². The van der Waals surface area contributed by atoms with Crippen LogP contribution in [0.25, 0.3) is 21.9 Å². The van der Waals surface area contributed by atoms with Gasteiger partial charge in [-0.05, 0) is 46.7 Å². The molecular formula is C25H26O9. The largest absolute Gasteiger partial charge is 0.493 e. The molecule has 0 aliphatic rings. The smallest absolute Gasteiger partial charge is 0.339 e. The highest BCUT2D eigenvalue weighted by molar-refractivity contribution is 6.16. The lowest BCUT2D eigenvalue weighted by molar-refractivity contribution is 0.0556. The first-order chi connectivity index (χ1) is 16.4. The van der Waals surface area contributed by atoms with Crippen LogP contribution in [0.4, 0.5) is 0 Å². The normalized spacial score (nSPS) is 10.4. The van der Waals surface area contributed by atoms with Gasteiger partial charge in [-0.2, -0.15) is 0 Å². The summed E-state index contributed by atoms with van der Waals surface area (Å²) in [6, 6.07) is 8.35. The van der Waals surface area contributed by atoms with Crippen molar-refractivity contribution < 1.29 is 42.7 Å². The topological polar surface area (TPSA) is 98.8 Å². The van der Waals surface area contributed by atoms with Crippen molar-refractivity contribution in [3.63, 3.8) is 0 Å². The van der Waals surface area contributed by atoms with Crippen molar-refractivity contribution in [2.24, 2.45) is 0 Å². The lowest BCUT2D eigenvalue weighted by Gasteiger charge is -2.20. The third kappa shape index (κ3) is 4.12. The second kappa shape index (κ2) is 10.2. The number of hydrogen-bond donors (Lipinski definition) is 0. The van der Waals surface area contributed by atoms with Crippen molar-refractivity contribution in [3.05, 3.63) is 41.5 Å². The Morgan fingerprint density at radius 1 is 0.588 bits per heavy atom. The molecule has 3 rings (SSSR count). The van der Waals surface area contributed by atoms with Crippen LogP contribution >= 0.6 is 0 Å². The summed E-state index contributed by atoms with van der Waals surface area (Å²) in [6.07, 6.45) is 0. The summed E-state index contributed by atoms with van der Waals surface area (Å²) in [5.41, 5.74) is 0.948. The van der Waals surface area contributed by atoms with Gasteiger partial charge in [-0.3, -0.25) is 0 Å². The van der Waals surface area contributed by atoms with Gasteiger partial charge in [-0.25, -0.2) is 9.59 Å². The van der Waals surface area contributed by atoms with Crippen LogP contribution in [0.15, 0.2) is 30.3 Å². The molecule has 0 saturated carbocycles. The number of carbonyl (C=O) groups is 2. The SMILES string of the molecule is COC(=O)c1cc2cc(OC)c(OC)cc2c(-c2cc(OC)c(OC)c(OC)c2)c1C(=O)OC. The van der Waals surface area contributed by atoms with Crippen LogP contribution in [0.5, 0.6) is 28.7 Å². The van der Waals surface area contributed by atoms with Gasteiger partial charge in [0.15, 0.2) is 23.0 Å². The van der Waals surface area contributed by atoms with Gasteiger partial charge >= 0.3 is 11.9 Å². The van der Waals surface area contributed by atoms with E-state index in [1.165, 1.54) is 49.8 Å². The number of ether oxygens (including phenoxy) is 7. The fraction of sp³-hybridized carbons (Fsp3) is 0.280. The highest BCUT2D eigenvalue weighted by Crippen LogP contribution is 2.46. The van der Waals surface area contributed by atoms with Gasteiger partial charge in [0, 0.05) is 5.56 Å². The van der Waals surface area contributed by atoms with E-state index in [0.717, 1.165) is 0 Å². The summed E-state index contributed by atoms with van der Waals surface area (Å²) >= 11 is 0. The van der Waals surface area contributed by atoms with Crippen LogP contribution in [0.3, 0.4) is 0 Å². The van der Waals surface area contributed by atoms with Crippen LogP contribution in [-0.2, 0) is 9.47 Å². The molecule has 0 aliphatic heterocycles. The molecule has 0 amide bonds. The average molecular weight is 470 g/mol. The van der Waals surface area contributed by atoms with Crippen LogP contribution in [-0.4, -0.2) is 61.7 Å². The Morgan fingerprint density at radius 3 is 1.59 bits per heavy atom. The van der Waals surface area contributed by atoms with Crippen LogP contribution in [0.1, 0.15) is 20.7 Å². The maximum absolute atomic E-state index is 13.0. The molecule has 0 aromatic heterocycles. The maximum atomic E-state index is 13.0. The molecule has 9 nitrogen and oxygen atoms in total. The molecule has 3 aromatic rings. The minimum atomic E-state index is -0.721. The van der Waals surface area contributed by atoms with E-state index in [0.29, 0.717) is 50.6 Å². The molecule has 0 unspecified atom stereocenters. The van der Waals surface area contributed by atoms with Gasteiger partial charge in [0.05, 0.1) is 60.9 Å². The van der Waals surface area contributed by atoms with Crippen molar-refractivity contribution >= 4 is 22.7 Å². The predicted octanol–water partition coefficient (Wildman–Crippen LogP) is 4.12. The molecule has 34 heavy (non-hydrogen) atoms. The molecule has 0 saturated heterocycles. The van der Waals surface area contributed by atoms with Gasteiger partial charge < -0.3 is 33.2 Å². The Hall–Kier alpha value is -4.14. The third-order valence-corrected chi connectivity index (χ3v) is 5.39. The fourth-order valence-corrected chi connectivity index (χ4v) is 3.84. The van der Waals surface area contributed by atoms with E-state index in [9.17, 15) is 9.59 Å². The number of methoxy groups -OCH3 is 7. The van der Waals surface area contributed by atoms with Crippen molar-refractivity contribution in [2.45, 2.75) is 0 Å². The fourth-order valence-electron chi connectivity index (χ4n) is 3.84. The monoisotopic (exact) mass is 470 g/mol. The average Bonchev–Trinajstić information content (AvgIpc) is 2.88. The minimum Gasteiger partial charge on any atom is -0.493 e. The molecule has 0 atom stereocenters. The number of fused-ring (bicyclic) bond motifs is 1. The number of rotatable bonds is 8. The van der Waals surface area contributed by atoms with Crippen molar-refractivity contribution in [1.82, 2.24) is 0 Å². The Balaban J connectivity index is 2.59. The number of hydrogen-bond acceptors (Lipinski definition) is 9. The Bertz CT molecular complexity index is 1220. The molecule has 0 aliphatic carbocycles. The van der Waals surface area contributed by atoms with E-state index in [-0.39, 0.29) is 11.1 Å². The first-order valence-corrected chi connectivity index (χ1v) is 10.1. The van der Waals surface area contributed by atoms with Gasteiger partial charge in [0.2, 0.25) is 5.75 Å². The molecule has 0 heterocycles. The molecule has 3 aromatic carbocycles. The summed E-state index contributed by atoms with van der Waals surface area (Å²) in [4.78, 5) is 25.8. The second-order valence-corrected chi connectivity index (χ2v) is 7.00. The van der Waals surface area contributed by atoms with Crippen molar-refractivity contribution in [1.29, 1.82) is 0 Å². The quantitative estimate of drug-likeness (QED) is 0.450. The third-order valence-electron chi connectivity index (χ3n) is 5.39. The second-order valence-electron chi connectivity index (χ2n) is 7.00. The number of esters is 2. The Morgan fingerprint density at radius 2 is 1.12 bits per heavy atom. The molecule has 9 heteroatoms. The maximum Gasteiger partial charge on any atom is 0.339 e. The Kier molecular flexibility index (Phi) is 7.35. The predicted molar refractivity (Wildman–Crippen MR) is 125 cm³/mol. The summed E-state index contributed by atoms with van der Waals surface area (Å²) in [6.45, 7) is 0. The van der Waals surface area contributed by atoms with E-state index in [1.54, 1.807) is 30.3 Å². The molecule has 0 N–H and O–H groups in total. The molecule has 180 valence electrons. The van der Waals surface area contributed by atoms with E-state index < -0.39 is 11.9 Å². The van der Waals surface area contributed by atoms with Crippen LogP contribution in [0.2, 0.25) is 0 Å². The number of carbonyl (C=O) groups excluding carboxylic acids is 2. The zero-order chi connectivity index (χ0) is 25.0. The lowest BCUT2D eigenvalue weighted by atomic mass is 9.88. The molecule has 0 spiro atoms. The minimum absolute atomic E-state index is 0.0170. The summed E-state index contributed by atoms with van der Waals surface area (Å²) in [7, 11) is 9.95. The highest BCUT2D eigenvalue weighted by atomic mass is 16.5. The molecule has 0 bridgehead atoms. The zero-order valence-corrected chi connectivity index (χ0v) is 20.1. The highest BCUT2D eigenvalue weighted by Gasteiger charge is 2.28. The van der Waals surface area contributed by atoms with Gasteiger partial charge in [-0.1, -0.05) is 0 Å². The van der Waals surface area contributed by atoms with Gasteiger partial charge in [-0.15, -0.1) is 0 Å². The van der Waals surface area contributed by atoms with Crippen LogP contribution in [0, 0.1) is 0 Å². The molecule has 0 fully saturated rings. The van der Waals surface area contributed by atoms with E-state index in [2.05, 4.69) is 0 Å². The zero-order valence-electron chi connectivity index (χ0n) is 20.1. The standard InChI is InChI=1S/C25H26O9/c1-28-17-9-13-8-16(24(26)33-6)22(25(27)34-7)21(15(13)12-18(17)29-2)14-10-19(30-3)23(32-5)20(11-14)31-4/h8-12H,1-7H3. The number of benzene rings is 3. The van der Waals surface area contributed by atoms with Crippen molar-refractivity contribution in [3.8, 4) is 39.9 Å².